The van der Waals surface area contributed by atoms with Crippen molar-refractivity contribution < 1.29 is 19.4 Å². The van der Waals surface area contributed by atoms with Gasteiger partial charge in [-0.2, -0.15) is 0 Å². The van der Waals surface area contributed by atoms with Gasteiger partial charge in [0.15, 0.2) is 5.78 Å². The Morgan fingerprint density at radius 2 is 1.82 bits per heavy atom. The molecule has 0 aromatic heterocycles. The van der Waals surface area contributed by atoms with E-state index in [1.54, 1.807) is 6.07 Å². The number of Topliss-reactive ketones (excluding diaryl/α,β-unsaturated/α-hetero) is 1. The van der Waals surface area contributed by atoms with Gasteiger partial charge in [0.2, 0.25) is 0 Å². The van der Waals surface area contributed by atoms with Crippen molar-refractivity contribution in [2.75, 3.05) is 6.61 Å². The average Bonchev–Trinajstić information content (AvgIpc) is 3.00. The van der Waals surface area contributed by atoms with Crippen molar-refractivity contribution in [3.63, 3.8) is 0 Å². The second-order valence-electron chi connectivity index (χ2n) is 6.62. The number of carbonyl (C=O) groups is 2. The summed E-state index contributed by atoms with van der Waals surface area (Å²) < 4.78 is 5.58. The fourth-order valence-electron chi connectivity index (χ4n) is 3.03. The van der Waals surface area contributed by atoms with Crippen molar-refractivity contribution in [2.45, 2.75) is 45.4 Å². The van der Waals surface area contributed by atoms with Crippen LogP contribution in [0.2, 0.25) is 10.0 Å². The maximum Gasteiger partial charge on any atom is 0.303 e. The lowest BCUT2D eigenvalue weighted by Crippen LogP contribution is -2.07. The summed E-state index contributed by atoms with van der Waals surface area (Å²) in [7, 11) is 0. The molecular weight excluding hydrogens is 399 g/mol. The molecule has 0 fully saturated rings. The Labute approximate surface area is 175 Å². The molecule has 1 aliphatic carbocycles. The maximum atomic E-state index is 12.8. The van der Waals surface area contributed by atoms with Crippen molar-refractivity contribution in [1.82, 2.24) is 0 Å². The molecule has 0 saturated heterocycles. The van der Waals surface area contributed by atoms with Gasteiger partial charge in [0, 0.05) is 12.0 Å². The molecule has 1 aliphatic rings. The lowest BCUT2D eigenvalue weighted by Gasteiger charge is -2.11. The van der Waals surface area contributed by atoms with E-state index in [0.29, 0.717) is 24.2 Å². The number of fused-ring (bicyclic) bond motifs is 1. The van der Waals surface area contributed by atoms with Gasteiger partial charge in [0.25, 0.3) is 0 Å². The van der Waals surface area contributed by atoms with Gasteiger partial charge in [0.1, 0.15) is 10.8 Å². The number of carboxylic acids is 1. The second kappa shape index (κ2) is 10.5. The predicted molar refractivity (Wildman–Crippen MR) is 112 cm³/mol. The highest BCUT2D eigenvalue weighted by Crippen LogP contribution is 2.44. The van der Waals surface area contributed by atoms with Crippen LogP contribution in [0.1, 0.15) is 60.5 Å². The maximum absolute atomic E-state index is 12.8. The number of hydrogen-bond acceptors (Lipinski definition) is 3. The van der Waals surface area contributed by atoms with Gasteiger partial charge in [-0.15, -0.1) is 0 Å². The third-order valence-electron chi connectivity index (χ3n) is 4.24. The third kappa shape index (κ3) is 5.27. The fourth-order valence-corrected chi connectivity index (χ4v) is 3.54. The second-order valence-corrected chi connectivity index (χ2v) is 7.38. The summed E-state index contributed by atoms with van der Waals surface area (Å²) in [6.07, 6.45) is 2.18. The Hall–Kier alpha value is -2.04. The quantitative estimate of drug-likeness (QED) is 0.564. The number of ketones is 1. The average molecular weight is 423 g/mol. The monoisotopic (exact) mass is 422 g/mol. The zero-order chi connectivity index (χ0) is 20.7. The molecule has 150 valence electrons. The van der Waals surface area contributed by atoms with Crippen molar-refractivity contribution in [3.8, 4) is 5.75 Å². The van der Waals surface area contributed by atoms with Crippen LogP contribution in [-0.4, -0.2) is 23.5 Å². The van der Waals surface area contributed by atoms with Gasteiger partial charge in [-0.3, -0.25) is 9.59 Å². The van der Waals surface area contributed by atoms with E-state index in [4.69, 9.17) is 33.0 Å². The standard InChI is InChI=1S/C19H16Cl2O4.C3H8/c20-17-14(25-8-4-7-15(22)23)10-12-9-13(11-5-2-1-3-6-11)19(24)16(12)18(17)21;1-3-2/h1-3,5-6,10,13H,4,7-9H2,(H,22,23);3H2,1-2H3. The van der Waals surface area contributed by atoms with E-state index in [9.17, 15) is 9.59 Å². The Morgan fingerprint density at radius 3 is 2.43 bits per heavy atom. The van der Waals surface area contributed by atoms with Crippen LogP contribution in [0.15, 0.2) is 36.4 Å². The van der Waals surface area contributed by atoms with Crippen LogP contribution in [0.5, 0.6) is 5.75 Å². The summed E-state index contributed by atoms with van der Waals surface area (Å²) in [5, 5.41) is 9.06. The molecule has 0 heterocycles. The Bertz CT molecular complexity index is 834. The SMILES string of the molecule is CCC.O=C(O)CCCOc1cc2c(c(Cl)c1Cl)C(=O)C(c1ccccc1)C2. The van der Waals surface area contributed by atoms with E-state index in [2.05, 4.69) is 13.8 Å². The van der Waals surface area contributed by atoms with Gasteiger partial charge in [-0.05, 0) is 30.0 Å². The number of aliphatic carboxylic acids is 1. The summed E-state index contributed by atoms with van der Waals surface area (Å²) in [5.41, 5.74) is 2.21. The fraction of sp³-hybridized carbons (Fsp3) is 0.364. The minimum absolute atomic E-state index is 0.0187. The number of halogens is 2. The highest BCUT2D eigenvalue weighted by molar-refractivity contribution is 6.45. The van der Waals surface area contributed by atoms with Crippen molar-refractivity contribution in [3.05, 3.63) is 63.1 Å². The Balaban J connectivity index is 0.000000878. The van der Waals surface area contributed by atoms with E-state index >= 15 is 0 Å². The summed E-state index contributed by atoms with van der Waals surface area (Å²) >= 11 is 12.6. The topological polar surface area (TPSA) is 63.6 Å². The molecule has 4 nitrogen and oxygen atoms in total. The zero-order valence-electron chi connectivity index (χ0n) is 16.0. The first kappa shape index (κ1) is 22.3. The number of carboxylic acid groups (broad SMARTS) is 1. The molecule has 1 atom stereocenters. The minimum Gasteiger partial charge on any atom is -0.492 e. The van der Waals surface area contributed by atoms with Crippen LogP contribution in [0.4, 0.5) is 0 Å². The number of hydrogen-bond donors (Lipinski definition) is 1. The highest BCUT2D eigenvalue weighted by atomic mass is 35.5. The smallest absolute Gasteiger partial charge is 0.303 e. The number of ether oxygens (including phenoxy) is 1. The largest absolute Gasteiger partial charge is 0.492 e. The van der Waals surface area contributed by atoms with E-state index < -0.39 is 5.97 Å². The molecule has 0 spiro atoms. The first-order chi connectivity index (χ1) is 13.4. The summed E-state index contributed by atoms with van der Waals surface area (Å²) in [4.78, 5) is 23.3. The molecule has 1 N–H and O–H groups in total. The van der Waals surface area contributed by atoms with E-state index in [1.165, 1.54) is 6.42 Å². The highest BCUT2D eigenvalue weighted by Gasteiger charge is 2.35. The van der Waals surface area contributed by atoms with Gasteiger partial charge in [-0.1, -0.05) is 73.8 Å². The number of benzene rings is 2. The van der Waals surface area contributed by atoms with Crippen LogP contribution in [0, 0.1) is 0 Å². The summed E-state index contributed by atoms with van der Waals surface area (Å²) in [5.74, 6) is -0.798. The molecule has 0 radical (unpaired) electrons. The van der Waals surface area contributed by atoms with Crippen LogP contribution >= 0.6 is 23.2 Å². The van der Waals surface area contributed by atoms with Crippen LogP contribution in [0.25, 0.3) is 0 Å². The molecule has 1 unspecified atom stereocenters. The molecule has 28 heavy (non-hydrogen) atoms. The molecule has 6 heteroatoms. The van der Waals surface area contributed by atoms with Crippen LogP contribution in [0.3, 0.4) is 0 Å². The third-order valence-corrected chi connectivity index (χ3v) is 5.09. The molecule has 0 amide bonds. The van der Waals surface area contributed by atoms with Gasteiger partial charge in [0.05, 0.1) is 17.5 Å². The predicted octanol–water partition coefficient (Wildman–Crippen LogP) is 6.18. The first-order valence-electron chi connectivity index (χ1n) is 9.35. The molecule has 0 saturated carbocycles. The van der Waals surface area contributed by atoms with Crippen molar-refractivity contribution >= 4 is 35.0 Å². The lowest BCUT2D eigenvalue weighted by molar-refractivity contribution is -0.137. The normalized spacial score (nSPS) is 14.9. The first-order valence-corrected chi connectivity index (χ1v) is 10.1. The molecule has 2 aromatic rings. The zero-order valence-corrected chi connectivity index (χ0v) is 17.5. The summed E-state index contributed by atoms with van der Waals surface area (Å²) in [6, 6.07) is 11.3. The van der Waals surface area contributed by atoms with Crippen LogP contribution in [-0.2, 0) is 11.2 Å². The Kier molecular flexibility index (Phi) is 8.34. The molecule has 0 aliphatic heterocycles. The van der Waals surface area contributed by atoms with E-state index in [-0.39, 0.29) is 34.8 Å². The van der Waals surface area contributed by atoms with Crippen molar-refractivity contribution in [1.29, 1.82) is 0 Å². The number of rotatable bonds is 6. The summed E-state index contributed by atoms with van der Waals surface area (Å²) in [6.45, 7) is 4.47. The van der Waals surface area contributed by atoms with E-state index in [0.717, 1.165) is 11.1 Å². The molecule has 3 rings (SSSR count). The Morgan fingerprint density at radius 1 is 1.18 bits per heavy atom. The molecule has 0 bridgehead atoms. The number of carbonyl (C=O) groups excluding carboxylic acids is 1. The van der Waals surface area contributed by atoms with Gasteiger partial charge < -0.3 is 9.84 Å². The van der Waals surface area contributed by atoms with Gasteiger partial charge >= 0.3 is 5.97 Å². The lowest BCUT2D eigenvalue weighted by atomic mass is 9.95. The van der Waals surface area contributed by atoms with Gasteiger partial charge in [-0.25, -0.2) is 0 Å². The molecular formula is C22H24Cl2O4. The van der Waals surface area contributed by atoms with E-state index in [1.807, 2.05) is 30.3 Å². The van der Waals surface area contributed by atoms with Crippen LogP contribution < -0.4 is 4.74 Å². The molecule has 2 aromatic carbocycles. The van der Waals surface area contributed by atoms with Crippen molar-refractivity contribution in [2.24, 2.45) is 0 Å². The minimum atomic E-state index is -0.877.